The summed E-state index contributed by atoms with van der Waals surface area (Å²) in [4.78, 5) is 25.8. The number of aryl methyl sites for hydroxylation is 2. The van der Waals surface area contributed by atoms with Gasteiger partial charge in [-0.3, -0.25) is 9.59 Å². The van der Waals surface area contributed by atoms with E-state index < -0.39 is 0 Å². The van der Waals surface area contributed by atoms with Crippen molar-refractivity contribution in [1.29, 1.82) is 0 Å². The van der Waals surface area contributed by atoms with E-state index in [2.05, 4.69) is 5.32 Å². The third kappa shape index (κ3) is 4.88. The summed E-state index contributed by atoms with van der Waals surface area (Å²) in [6.45, 7) is 4.99. The minimum Gasteiger partial charge on any atom is -0.324 e. The molecule has 0 aliphatic heterocycles. The molecule has 2 rings (SSSR count). The second-order valence-corrected chi connectivity index (χ2v) is 6.92. The quantitative estimate of drug-likeness (QED) is 0.763. The van der Waals surface area contributed by atoms with E-state index in [1.807, 2.05) is 19.9 Å². The van der Waals surface area contributed by atoms with Crippen LogP contribution in [0, 0.1) is 13.8 Å². The monoisotopic (exact) mass is 398 g/mol. The molecule has 132 valence electrons. The van der Waals surface area contributed by atoms with E-state index in [-0.39, 0.29) is 18.4 Å². The van der Waals surface area contributed by atoms with Gasteiger partial charge in [0.15, 0.2) is 0 Å². The van der Waals surface area contributed by atoms with Crippen molar-refractivity contribution in [1.82, 2.24) is 0 Å². The highest BCUT2D eigenvalue weighted by molar-refractivity contribution is 6.42. The third-order valence-corrected chi connectivity index (χ3v) is 4.58. The molecule has 7 heteroatoms. The molecule has 2 aromatic carbocycles. The third-order valence-electron chi connectivity index (χ3n) is 3.55. The minimum absolute atomic E-state index is 0.167. The van der Waals surface area contributed by atoms with Crippen LogP contribution < -0.4 is 10.2 Å². The number of benzene rings is 2. The summed E-state index contributed by atoms with van der Waals surface area (Å²) in [5.41, 5.74) is 2.83. The molecule has 0 spiro atoms. The van der Waals surface area contributed by atoms with Gasteiger partial charge in [-0.25, -0.2) is 0 Å². The molecule has 1 N–H and O–H groups in total. The minimum atomic E-state index is -0.371. The lowest BCUT2D eigenvalue weighted by Gasteiger charge is -2.24. The van der Waals surface area contributed by atoms with Crippen LogP contribution in [-0.2, 0) is 9.59 Å². The zero-order valence-corrected chi connectivity index (χ0v) is 16.3. The van der Waals surface area contributed by atoms with Crippen LogP contribution in [0.25, 0.3) is 0 Å². The largest absolute Gasteiger partial charge is 0.324 e. The average molecular weight is 400 g/mol. The molecule has 25 heavy (non-hydrogen) atoms. The van der Waals surface area contributed by atoms with Gasteiger partial charge in [-0.2, -0.15) is 0 Å². The Morgan fingerprint density at radius 2 is 1.68 bits per heavy atom. The van der Waals surface area contributed by atoms with Crippen molar-refractivity contribution in [2.24, 2.45) is 0 Å². The fourth-order valence-corrected chi connectivity index (χ4v) is 3.24. The highest BCUT2D eigenvalue weighted by atomic mass is 35.5. The van der Waals surface area contributed by atoms with Crippen molar-refractivity contribution in [3.63, 3.8) is 0 Å². The fourth-order valence-electron chi connectivity index (χ4n) is 2.52. The maximum atomic E-state index is 12.4. The van der Waals surface area contributed by atoms with E-state index in [9.17, 15) is 9.59 Å². The summed E-state index contributed by atoms with van der Waals surface area (Å²) in [7, 11) is 0. The molecule has 0 aromatic heterocycles. The molecule has 0 bridgehead atoms. The van der Waals surface area contributed by atoms with Crippen LogP contribution in [0.2, 0.25) is 15.1 Å². The topological polar surface area (TPSA) is 49.4 Å². The fraction of sp³-hybridized carbons (Fsp3) is 0.222. The first-order chi connectivity index (χ1) is 11.7. The molecule has 0 radical (unpaired) electrons. The lowest BCUT2D eigenvalue weighted by atomic mass is 10.1. The number of nitrogens with one attached hydrogen (secondary N) is 1. The number of carbonyl (C=O) groups is 2. The van der Waals surface area contributed by atoms with Gasteiger partial charge in [0, 0.05) is 12.6 Å². The molecule has 2 amide bonds. The number of halogens is 3. The van der Waals surface area contributed by atoms with Crippen LogP contribution in [-0.4, -0.2) is 18.4 Å². The molecule has 0 unspecified atom stereocenters. The summed E-state index contributed by atoms with van der Waals surface area (Å²) in [5.74, 6) is -0.650. The van der Waals surface area contributed by atoms with E-state index >= 15 is 0 Å². The molecular formula is C18H17Cl3N2O2. The summed E-state index contributed by atoms with van der Waals surface area (Å²) in [6, 6.07) is 8.44. The Labute approximate surface area is 161 Å². The van der Waals surface area contributed by atoms with Gasteiger partial charge in [0.2, 0.25) is 11.8 Å². The van der Waals surface area contributed by atoms with Gasteiger partial charge >= 0.3 is 0 Å². The van der Waals surface area contributed by atoms with Gasteiger partial charge in [-0.05, 0) is 49.2 Å². The van der Waals surface area contributed by atoms with Crippen LogP contribution in [0.5, 0.6) is 0 Å². The Bertz CT molecular complexity index is 814. The molecule has 0 atom stereocenters. The molecule has 0 heterocycles. The zero-order valence-electron chi connectivity index (χ0n) is 14.0. The van der Waals surface area contributed by atoms with Crippen LogP contribution in [0.15, 0.2) is 30.3 Å². The number of hydrogen-bond acceptors (Lipinski definition) is 2. The van der Waals surface area contributed by atoms with Crippen molar-refractivity contribution in [3.05, 3.63) is 56.5 Å². The van der Waals surface area contributed by atoms with Crippen molar-refractivity contribution >= 4 is 58.0 Å². The van der Waals surface area contributed by atoms with Gasteiger partial charge in [-0.15, -0.1) is 0 Å². The summed E-state index contributed by atoms with van der Waals surface area (Å²) in [6.07, 6.45) is 0. The van der Waals surface area contributed by atoms with E-state index in [0.29, 0.717) is 26.4 Å². The summed E-state index contributed by atoms with van der Waals surface area (Å²) < 4.78 is 0. The number of nitrogens with zero attached hydrogens (tertiary/aromatic N) is 1. The Hall–Kier alpha value is -1.75. The standard InChI is InChI=1S/C18H17Cl3N2O2/c1-10-6-11(2)18(16(21)7-10)23(12(3)24)9-17(25)22-13-4-5-14(19)15(20)8-13/h4-8H,9H2,1-3H3,(H,22,25). The number of carbonyl (C=O) groups excluding carboxylic acids is 2. The van der Waals surface area contributed by atoms with Crippen LogP contribution in [0.3, 0.4) is 0 Å². The van der Waals surface area contributed by atoms with E-state index in [4.69, 9.17) is 34.8 Å². The molecule has 0 saturated heterocycles. The van der Waals surface area contributed by atoms with E-state index in [1.54, 1.807) is 24.3 Å². The Morgan fingerprint density at radius 3 is 2.24 bits per heavy atom. The van der Waals surface area contributed by atoms with Crippen LogP contribution >= 0.6 is 34.8 Å². The Morgan fingerprint density at radius 1 is 1.00 bits per heavy atom. The number of amides is 2. The second-order valence-electron chi connectivity index (χ2n) is 5.69. The number of hydrogen-bond donors (Lipinski definition) is 1. The first-order valence-electron chi connectivity index (χ1n) is 7.48. The highest BCUT2D eigenvalue weighted by Gasteiger charge is 2.21. The van der Waals surface area contributed by atoms with Crippen LogP contribution in [0.1, 0.15) is 18.1 Å². The average Bonchev–Trinajstić information content (AvgIpc) is 2.48. The normalized spacial score (nSPS) is 10.5. The zero-order chi connectivity index (χ0) is 18.7. The summed E-state index contributed by atoms with van der Waals surface area (Å²) >= 11 is 18.1. The molecule has 4 nitrogen and oxygen atoms in total. The van der Waals surface area contributed by atoms with E-state index in [0.717, 1.165) is 11.1 Å². The molecular weight excluding hydrogens is 383 g/mol. The lowest BCUT2D eigenvalue weighted by molar-refractivity contribution is -0.120. The van der Waals surface area contributed by atoms with Crippen molar-refractivity contribution in [2.45, 2.75) is 20.8 Å². The summed E-state index contributed by atoms with van der Waals surface area (Å²) in [5, 5.41) is 3.85. The maximum Gasteiger partial charge on any atom is 0.244 e. The Kier molecular flexibility index (Phi) is 6.33. The van der Waals surface area contributed by atoms with Gasteiger partial charge in [0.05, 0.1) is 20.8 Å². The second kappa shape index (κ2) is 8.09. The van der Waals surface area contributed by atoms with Gasteiger partial charge in [-0.1, -0.05) is 40.9 Å². The van der Waals surface area contributed by atoms with Gasteiger partial charge < -0.3 is 10.2 Å². The van der Waals surface area contributed by atoms with Crippen molar-refractivity contribution < 1.29 is 9.59 Å². The van der Waals surface area contributed by atoms with Crippen molar-refractivity contribution in [3.8, 4) is 0 Å². The molecule has 0 aliphatic rings. The van der Waals surface area contributed by atoms with E-state index in [1.165, 1.54) is 11.8 Å². The molecule has 0 saturated carbocycles. The molecule has 0 fully saturated rings. The number of anilines is 2. The maximum absolute atomic E-state index is 12.4. The molecule has 2 aromatic rings. The SMILES string of the molecule is CC(=O)N(CC(=O)Nc1ccc(Cl)c(Cl)c1)c1c(C)cc(C)cc1Cl. The lowest BCUT2D eigenvalue weighted by Crippen LogP contribution is -2.37. The smallest absolute Gasteiger partial charge is 0.244 e. The van der Waals surface area contributed by atoms with Gasteiger partial charge in [0.25, 0.3) is 0 Å². The van der Waals surface area contributed by atoms with Crippen LogP contribution in [0.4, 0.5) is 11.4 Å². The number of rotatable bonds is 4. The molecule has 0 aliphatic carbocycles. The predicted octanol–water partition coefficient (Wildman–Crippen LogP) is 5.26. The predicted molar refractivity (Wildman–Crippen MR) is 104 cm³/mol. The first-order valence-corrected chi connectivity index (χ1v) is 8.62. The van der Waals surface area contributed by atoms with Gasteiger partial charge in [0.1, 0.15) is 6.54 Å². The first kappa shape index (κ1) is 19.6. The highest BCUT2D eigenvalue weighted by Crippen LogP contribution is 2.31. The Balaban J connectivity index is 2.23. The van der Waals surface area contributed by atoms with Crippen molar-refractivity contribution in [2.75, 3.05) is 16.8 Å².